The average molecular weight is 411 g/mol. The highest BCUT2D eigenvalue weighted by Crippen LogP contribution is 2.42. The van der Waals surface area contributed by atoms with Crippen molar-refractivity contribution < 1.29 is 23.5 Å². The van der Waals surface area contributed by atoms with Crippen LogP contribution in [0.1, 0.15) is 68.0 Å². The molecule has 1 aromatic carbocycles. The van der Waals surface area contributed by atoms with Crippen LogP contribution in [0.3, 0.4) is 0 Å². The van der Waals surface area contributed by atoms with Crippen molar-refractivity contribution in [2.24, 2.45) is 0 Å². The van der Waals surface area contributed by atoms with Crippen LogP contribution in [-0.4, -0.2) is 29.9 Å². The van der Waals surface area contributed by atoms with E-state index < -0.39 is 0 Å². The fourth-order valence-electron chi connectivity index (χ4n) is 4.39. The van der Waals surface area contributed by atoms with Crippen LogP contribution in [0.4, 0.5) is 0 Å². The summed E-state index contributed by atoms with van der Waals surface area (Å²) in [7, 11) is 0. The highest BCUT2D eigenvalue weighted by Gasteiger charge is 2.41. The topological polar surface area (TPSA) is 77.8 Å². The van der Waals surface area contributed by atoms with Gasteiger partial charge in [-0.2, -0.15) is 0 Å². The van der Waals surface area contributed by atoms with E-state index in [-0.39, 0.29) is 29.9 Å². The van der Waals surface area contributed by atoms with Crippen molar-refractivity contribution in [3.63, 3.8) is 0 Å². The standard InChI is InChI=1S/C24H29NO5/c1-17(7-8-18-6-5-13-28-18)25-23(27)16-29-19-9-10-20-21(26)15-24(30-22(20)14-19)11-3-2-4-12-24/h5-6,9-10,13-14,17H,2-4,7-8,11-12,15-16H2,1H3,(H,25,27). The number of rotatable bonds is 7. The normalized spacial score (nSPS) is 18.4. The molecule has 30 heavy (non-hydrogen) atoms. The van der Waals surface area contributed by atoms with E-state index in [1.807, 2.05) is 19.1 Å². The number of ether oxygens (including phenoxy) is 2. The van der Waals surface area contributed by atoms with Gasteiger partial charge < -0.3 is 19.2 Å². The van der Waals surface area contributed by atoms with E-state index in [2.05, 4.69) is 5.32 Å². The molecule has 1 N–H and O–H groups in total. The van der Waals surface area contributed by atoms with E-state index in [4.69, 9.17) is 13.9 Å². The Bertz CT molecular complexity index is 883. The lowest BCUT2D eigenvalue weighted by molar-refractivity contribution is -0.123. The fourth-order valence-corrected chi connectivity index (χ4v) is 4.39. The molecule has 1 aliphatic heterocycles. The number of ketones is 1. The molecule has 1 atom stereocenters. The maximum Gasteiger partial charge on any atom is 0.258 e. The van der Waals surface area contributed by atoms with E-state index in [0.717, 1.165) is 44.3 Å². The molecule has 1 aliphatic carbocycles. The lowest BCUT2D eigenvalue weighted by Gasteiger charge is -2.40. The van der Waals surface area contributed by atoms with Gasteiger partial charge >= 0.3 is 0 Å². The number of aryl methyl sites for hydroxylation is 1. The minimum atomic E-state index is -0.359. The quantitative estimate of drug-likeness (QED) is 0.728. The zero-order valence-electron chi connectivity index (χ0n) is 17.4. The second-order valence-corrected chi connectivity index (χ2v) is 8.48. The van der Waals surface area contributed by atoms with Gasteiger partial charge in [-0.05, 0) is 63.3 Å². The monoisotopic (exact) mass is 411 g/mol. The Balaban J connectivity index is 1.30. The third-order valence-corrected chi connectivity index (χ3v) is 6.01. The Kier molecular flexibility index (Phi) is 6.11. The molecule has 0 radical (unpaired) electrons. The van der Waals surface area contributed by atoms with Crippen molar-refractivity contribution in [3.8, 4) is 11.5 Å². The first-order valence-electron chi connectivity index (χ1n) is 10.8. The maximum atomic E-state index is 12.6. The highest BCUT2D eigenvalue weighted by atomic mass is 16.5. The molecule has 1 unspecified atom stereocenters. The number of Topliss-reactive ketones (excluding diaryl/α,β-unsaturated/α-hetero) is 1. The van der Waals surface area contributed by atoms with Gasteiger partial charge in [0, 0.05) is 18.5 Å². The van der Waals surface area contributed by atoms with Gasteiger partial charge in [-0.1, -0.05) is 6.42 Å². The van der Waals surface area contributed by atoms with Gasteiger partial charge in [0.2, 0.25) is 0 Å². The molecule has 2 aliphatic rings. The summed E-state index contributed by atoms with van der Waals surface area (Å²) in [5, 5.41) is 2.94. The molecule has 160 valence electrons. The minimum Gasteiger partial charge on any atom is -0.486 e. The average Bonchev–Trinajstić information content (AvgIpc) is 3.25. The van der Waals surface area contributed by atoms with Gasteiger partial charge in [-0.15, -0.1) is 0 Å². The first-order chi connectivity index (χ1) is 14.5. The van der Waals surface area contributed by atoms with E-state index in [0.29, 0.717) is 23.5 Å². The molecule has 1 spiro atoms. The minimum absolute atomic E-state index is 0.0156. The fraction of sp³-hybridized carbons (Fsp3) is 0.500. The smallest absolute Gasteiger partial charge is 0.258 e. The Morgan fingerprint density at radius 3 is 2.83 bits per heavy atom. The van der Waals surface area contributed by atoms with Crippen molar-refractivity contribution >= 4 is 11.7 Å². The van der Waals surface area contributed by atoms with Crippen LogP contribution < -0.4 is 14.8 Å². The number of carbonyl (C=O) groups excluding carboxylic acids is 2. The number of amides is 1. The summed E-state index contributed by atoms with van der Waals surface area (Å²) in [6.07, 6.45) is 8.89. The van der Waals surface area contributed by atoms with E-state index in [9.17, 15) is 9.59 Å². The summed E-state index contributed by atoms with van der Waals surface area (Å²) < 4.78 is 17.3. The van der Waals surface area contributed by atoms with Crippen LogP contribution in [-0.2, 0) is 11.2 Å². The summed E-state index contributed by atoms with van der Waals surface area (Å²) in [4.78, 5) is 24.8. The number of hydrogen-bond acceptors (Lipinski definition) is 5. The molecule has 2 aromatic rings. The number of carbonyl (C=O) groups is 2. The molecule has 1 amide bonds. The van der Waals surface area contributed by atoms with Crippen LogP contribution in [0, 0.1) is 0 Å². The number of fused-ring (bicyclic) bond motifs is 1. The Morgan fingerprint density at radius 1 is 1.23 bits per heavy atom. The molecule has 6 nitrogen and oxygen atoms in total. The Hall–Kier alpha value is -2.76. The second-order valence-electron chi connectivity index (χ2n) is 8.48. The summed E-state index contributed by atoms with van der Waals surface area (Å²) >= 11 is 0. The molecule has 0 bridgehead atoms. The molecular formula is C24H29NO5. The van der Waals surface area contributed by atoms with Gasteiger partial charge in [0.05, 0.1) is 18.2 Å². The predicted molar refractivity (Wildman–Crippen MR) is 112 cm³/mol. The van der Waals surface area contributed by atoms with E-state index in [1.165, 1.54) is 6.42 Å². The van der Waals surface area contributed by atoms with Gasteiger partial charge in [-0.3, -0.25) is 9.59 Å². The molecular weight excluding hydrogens is 382 g/mol. The number of benzene rings is 1. The van der Waals surface area contributed by atoms with Crippen LogP contribution in [0.25, 0.3) is 0 Å². The van der Waals surface area contributed by atoms with Crippen LogP contribution in [0.5, 0.6) is 11.5 Å². The van der Waals surface area contributed by atoms with Crippen molar-refractivity contribution in [1.29, 1.82) is 0 Å². The lowest BCUT2D eigenvalue weighted by Crippen LogP contribution is -2.43. The van der Waals surface area contributed by atoms with Crippen LogP contribution in [0.2, 0.25) is 0 Å². The molecule has 1 fully saturated rings. The zero-order valence-corrected chi connectivity index (χ0v) is 17.4. The summed E-state index contributed by atoms with van der Waals surface area (Å²) in [5.41, 5.74) is 0.247. The first kappa shape index (κ1) is 20.5. The number of nitrogens with one attached hydrogen (secondary N) is 1. The molecule has 1 aromatic heterocycles. The van der Waals surface area contributed by atoms with E-state index >= 15 is 0 Å². The van der Waals surface area contributed by atoms with Crippen molar-refractivity contribution in [3.05, 3.63) is 47.9 Å². The Morgan fingerprint density at radius 2 is 2.07 bits per heavy atom. The molecule has 1 saturated carbocycles. The second kappa shape index (κ2) is 8.94. The number of hydrogen-bond donors (Lipinski definition) is 1. The largest absolute Gasteiger partial charge is 0.486 e. The molecule has 4 rings (SSSR count). The molecule has 0 saturated heterocycles. The highest BCUT2D eigenvalue weighted by molar-refractivity contribution is 6.00. The van der Waals surface area contributed by atoms with Crippen molar-refractivity contribution in [2.45, 2.75) is 69.9 Å². The lowest BCUT2D eigenvalue weighted by atomic mass is 9.78. The maximum absolute atomic E-state index is 12.6. The molecule has 6 heteroatoms. The Labute approximate surface area is 176 Å². The molecule has 2 heterocycles. The summed E-state index contributed by atoms with van der Waals surface area (Å²) in [5.74, 6) is 1.98. The van der Waals surface area contributed by atoms with Gasteiger partial charge in [0.15, 0.2) is 12.4 Å². The van der Waals surface area contributed by atoms with Crippen molar-refractivity contribution in [2.75, 3.05) is 6.61 Å². The third-order valence-electron chi connectivity index (χ3n) is 6.01. The third kappa shape index (κ3) is 4.86. The summed E-state index contributed by atoms with van der Waals surface area (Å²) in [6, 6.07) is 9.02. The first-order valence-corrected chi connectivity index (χ1v) is 10.8. The van der Waals surface area contributed by atoms with Gasteiger partial charge in [0.1, 0.15) is 22.9 Å². The summed E-state index contributed by atoms with van der Waals surface area (Å²) in [6.45, 7) is 1.88. The van der Waals surface area contributed by atoms with Gasteiger partial charge in [0.25, 0.3) is 5.91 Å². The van der Waals surface area contributed by atoms with Crippen LogP contribution >= 0.6 is 0 Å². The van der Waals surface area contributed by atoms with Gasteiger partial charge in [-0.25, -0.2) is 0 Å². The predicted octanol–water partition coefficient (Wildman–Crippen LogP) is 4.46. The van der Waals surface area contributed by atoms with Crippen LogP contribution in [0.15, 0.2) is 41.0 Å². The van der Waals surface area contributed by atoms with Crippen molar-refractivity contribution in [1.82, 2.24) is 5.32 Å². The zero-order chi connectivity index (χ0) is 21.0. The number of furan rings is 1. The van der Waals surface area contributed by atoms with E-state index in [1.54, 1.807) is 24.5 Å². The SMILES string of the molecule is CC(CCc1ccco1)NC(=O)COc1ccc2c(c1)OC1(CCCCC1)CC2=O.